The van der Waals surface area contributed by atoms with E-state index < -0.39 is 22.8 Å². The zero-order valence-corrected chi connectivity index (χ0v) is 13.8. The van der Waals surface area contributed by atoms with Crippen LogP contribution in [0.15, 0.2) is 48.5 Å². The fraction of sp³-hybridized carbons (Fsp3) is 0.222. The number of amides is 2. The van der Waals surface area contributed by atoms with Gasteiger partial charge in [-0.2, -0.15) is 0 Å². The molecule has 1 unspecified atom stereocenters. The summed E-state index contributed by atoms with van der Waals surface area (Å²) < 4.78 is 0. The highest BCUT2D eigenvalue weighted by molar-refractivity contribution is 5.98. The van der Waals surface area contributed by atoms with Crippen molar-refractivity contribution in [2.45, 2.75) is 24.9 Å². The first-order valence-electron chi connectivity index (χ1n) is 8.16. The molecule has 2 aromatic rings. The molecule has 134 valence electrons. The highest BCUT2D eigenvalue weighted by Gasteiger charge is 2.26. The maximum absolute atomic E-state index is 12.5. The first-order chi connectivity index (χ1) is 12.5. The summed E-state index contributed by atoms with van der Waals surface area (Å²) >= 11 is 0. The number of carbonyl (C=O) groups is 2. The molecular weight excluding hydrogens is 336 g/mol. The number of nitrogens with two attached hydrogens (primary N) is 1. The standard InChI is InChI=1S/C18H18N4O4/c19-17(23)16(11-4-2-1-3-5-11)21-18(24)12-6-9-14(20-13-7-8-13)15(10-12)22(25)26/h1-6,9-10,13,16,20H,7-8H2,(H2,19,23)(H,21,24). The van der Waals surface area contributed by atoms with E-state index >= 15 is 0 Å². The molecule has 1 aliphatic rings. The number of benzene rings is 2. The molecule has 0 aromatic heterocycles. The molecule has 1 aliphatic carbocycles. The molecule has 0 spiro atoms. The van der Waals surface area contributed by atoms with Crippen LogP contribution in [-0.4, -0.2) is 22.8 Å². The van der Waals surface area contributed by atoms with Crippen molar-refractivity contribution < 1.29 is 14.5 Å². The van der Waals surface area contributed by atoms with E-state index in [9.17, 15) is 19.7 Å². The summed E-state index contributed by atoms with van der Waals surface area (Å²) in [6, 6.07) is 12.0. The van der Waals surface area contributed by atoms with E-state index in [4.69, 9.17) is 5.73 Å². The smallest absolute Gasteiger partial charge is 0.293 e. The first kappa shape index (κ1) is 17.4. The van der Waals surface area contributed by atoms with Crippen LogP contribution >= 0.6 is 0 Å². The van der Waals surface area contributed by atoms with Crippen molar-refractivity contribution >= 4 is 23.2 Å². The van der Waals surface area contributed by atoms with Crippen molar-refractivity contribution in [2.24, 2.45) is 5.73 Å². The number of nitro benzene ring substituents is 1. The van der Waals surface area contributed by atoms with Gasteiger partial charge in [0.05, 0.1) is 4.92 Å². The summed E-state index contributed by atoms with van der Waals surface area (Å²) in [5.74, 6) is -1.33. The summed E-state index contributed by atoms with van der Waals surface area (Å²) in [5.41, 5.74) is 6.21. The monoisotopic (exact) mass is 354 g/mol. The summed E-state index contributed by atoms with van der Waals surface area (Å²) in [4.78, 5) is 35.0. The second-order valence-corrected chi connectivity index (χ2v) is 6.13. The van der Waals surface area contributed by atoms with Crippen LogP contribution in [0.4, 0.5) is 11.4 Å². The summed E-state index contributed by atoms with van der Waals surface area (Å²) in [5, 5.41) is 16.9. The van der Waals surface area contributed by atoms with Gasteiger partial charge in [0.2, 0.25) is 5.91 Å². The van der Waals surface area contributed by atoms with Crippen LogP contribution in [0.3, 0.4) is 0 Å². The lowest BCUT2D eigenvalue weighted by atomic mass is 10.1. The molecule has 1 saturated carbocycles. The first-order valence-corrected chi connectivity index (χ1v) is 8.16. The maximum atomic E-state index is 12.5. The van der Waals surface area contributed by atoms with E-state index in [-0.39, 0.29) is 17.3 Å². The number of hydrogen-bond acceptors (Lipinski definition) is 5. The summed E-state index contributed by atoms with van der Waals surface area (Å²) in [6.45, 7) is 0. The van der Waals surface area contributed by atoms with Crippen molar-refractivity contribution in [1.29, 1.82) is 0 Å². The SMILES string of the molecule is NC(=O)C(NC(=O)c1ccc(NC2CC2)c([N+](=O)[O-])c1)c1ccccc1. The molecule has 2 amide bonds. The molecule has 8 nitrogen and oxygen atoms in total. The third-order valence-electron chi connectivity index (χ3n) is 4.09. The normalized spacial score (nSPS) is 14.3. The number of nitrogens with one attached hydrogen (secondary N) is 2. The van der Waals surface area contributed by atoms with Crippen LogP contribution in [0, 0.1) is 10.1 Å². The Kier molecular flexibility index (Phi) is 4.83. The molecule has 26 heavy (non-hydrogen) atoms. The van der Waals surface area contributed by atoms with Crippen LogP contribution < -0.4 is 16.4 Å². The lowest BCUT2D eigenvalue weighted by molar-refractivity contribution is -0.384. The number of hydrogen-bond donors (Lipinski definition) is 3. The molecule has 0 radical (unpaired) electrons. The Labute approximate surface area is 149 Å². The molecule has 0 bridgehead atoms. The van der Waals surface area contributed by atoms with Crippen LogP contribution in [0.25, 0.3) is 0 Å². The van der Waals surface area contributed by atoms with Crippen molar-refractivity contribution in [3.05, 3.63) is 69.8 Å². The number of rotatable bonds is 7. The lowest BCUT2D eigenvalue weighted by Gasteiger charge is -2.16. The zero-order chi connectivity index (χ0) is 18.7. The molecule has 8 heteroatoms. The molecule has 3 rings (SSSR count). The van der Waals surface area contributed by atoms with Gasteiger partial charge in [-0.15, -0.1) is 0 Å². The highest BCUT2D eigenvalue weighted by Crippen LogP contribution is 2.31. The molecule has 2 aromatic carbocycles. The average molecular weight is 354 g/mol. The minimum Gasteiger partial charge on any atom is -0.377 e. The largest absolute Gasteiger partial charge is 0.377 e. The predicted octanol–water partition coefficient (Wildman–Crippen LogP) is 2.13. The molecule has 0 heterocycles. The minimum atomic E-state index is -1.02. The van der Waals surface area contributed by atoms with Gasteiger partial charge in [0, 0.05) is 17.7 Å². The summed E-state index contributed by atoms with van der Waals surface area (Å²) in [7, 11) is 0. The van der Waals surface area contributed by atoms with Crippen LogP contribution in [-0.2, 0) is 4.79 Å². The fourth-order valence-electron chi connectivity index (χ4n) is 2.57. The molecule has 0 aliphatic heterocycles. The summed E-state index contributed by atoms with van der Waals surface area (Å²) in [6.07, 6.45) is 1.94. The fourth-order valence-corrected chi connectivity index (χ4v) is 2.57. The van der Waals surface area contributed by atoms with Gasteiger partial charge in [-0.25, -0.2) is 0 Å². The van der Waals surface area contributed by atoms with E-state index in [1.165, 1.54) is 18.2 Å². The third-order valence-corrected chi connectivity index (χ3v) is 4.09. The van der Waals surface area contributed by atoms with Gasteiger partial charge < -0.3 is 16.4 Å². The van der Waals surface area contributed by atoms with E-state index in [0.29, 0.717) is 11.3 Å². The van der Waals surface area contributed by atoms with Gasteiger partial charge in [-0.3, -0.25) is 19.7 Å². The van der Waals surface area contributed by atoms with Crippen molar-refractivity contribution in [3.8, 4) is 0 Å². The van der Waals surface area contributed by atoms with Gasteiger partial charge >= 0.3 is 0 Å². The van der Waals surface area contributed by atoms with Crippen molar-refractivity contribution in [3.63, 3.8) is 0 Å². The van der Waals surface area contributed by atoms with Crippen molar-refractivity contribution in [1.82, 2.24) is 5.32 Å². The number of anilines is 1. The van der Waals surface area contributed by atoms with E-state index in [2.05, 4.69) is 10.6 Å². The van der Waals surface area contributed by atoms with Gasteiger partial charge in [0.1, 0.15) is 11.7 Å². The molecule has 4 N–H and O–H groups in total. The minimum absolute atomic E-state index is 0.0835. The second-order valence-electron chi connectivity index (χ2n) is 6.13. The van der Waals surface area contributed by atoms with Gasteiger partial charge in [-0.1, -0.05) is 30.3 Å². The average Bonchev–Trinajstić information content (AvgIpc) is 3.44. The maximum Gasteiger partial charge on any atom is 0.293 e. The Morgan fingerprint density at radius 2 is 1.85 bits per heavy atom. The Morgan fingerprint density at radius 1 is 1.15 bits per heavy atom. The number of carbonyl (C=O) groups excluding carboxylic acids is 2. The van der Waals surface area contributed by atoms with Gasteiger partial charge in [0.25, 0.3) is 11.6 Å². The predicted molar refractivity (Wildman–Crippen MR) is 95.6 cm³/mol. The molecule has 1 atom stereocenters. The van der Waals surface area contributed by atoms with E-state index in [0.717, 1.165) is 12.8 Å². The molecule has 1 fully saturated rings. The zero-order valence-electron chi connectivity index (χ0n) is 13.8. The second kappa shape index (κ2) is 7.22. The topological polar surface area (TPSA) is 127 Å². The number of nitrogens with zero attached hydrogens (tertiary/aromatic N) is 1. The van der Waals surface area contributed by atoms with E-state index in [1.54, 1.807) is 30.3 Å². The highest BCUT2D eigenvalue weighted by atomic mass is 16.6. The Bertz CT molecular complexity index is 850. The Balaban J connectivity index is 1.83. The lowest BCUT2D eigenvalue weighted by Crippen LogP contribution is -2.37. The van der Waals surface area contributed by atoms with Crippen LogP contribution in [0.5, 0.6) is 0 Å². The van der Waals surface area contributed by atoms with Crippen LogP contribution in [0.2, 0.25) is 0 Å². The van der Waals surface area contributed by atoms with Crippen LogP contribution in [0.1, 0.15) is 34.8 Å². The Morgan fingerprint density at radius 3 is 2.42 bits per heavy atom. The van der Waals surface area contributed by atoms with Crippen molar-refractivity contribution in [2.75, 3.05) is 5.32 Å². The molecular formula is C18H18N4O4. The quantitative estimate of drug-likeness (QED) is 0.518. The number of nitro groups is 1. The Hall–Kier alpha value is -3.42. The molecule has 0 saturated heterocycles. The number of primary amides is 1. The third kappa shape index (κ3) is 3.97. The van der Waals surface area contributed by atoms with Gasteiger partial charge in [-0.05, 0) is 30.5 Å². The van der Waals surface area contributed by atoms with E-state index in [1.807, 2.05) is 0 Å². The van der Waals surface area contributed by atoms with Gasteiger partial charge in [0.15, 0.2) is 0 Å².